The number of ether oxygens (including phenoxy) is 1. The van der Waals surface area contributed by atoms with Crippen molar-refractivity contribution in [3.63, 3.8) is 0 Å². The zero-order valence-electron chi connectivity index (χ0n) is 10.9. The number of H-pyrrole nitrogens is 1. The smallest absolute Gasteiger partial charge is 0.308 e. The van der Waals surface area contributed by atoms with Crippen molar-refractivity contribution in [3.8, 4) is 17.0 Å². The van der Waals surface area contributed by atoms with Crippen LogP contribution in [0, 0.1) is 0 Å². The third-order valence-corrected chi connectivity index (χ3v) is 2.66. The van der Waals surface area contributed by atoms with Crippen molar-refractivity contribution >= 4 is 5.97 Å². The van der Waals surface area contributed by atoms with Gasteiger partial charge in [-0.15, -0.1) is 0 Å². The fraction of sp³-hybridized carbons (Fsp3) is 0.214. The second-order valence-electron chi connectivity index (χ2n) is 4.14. The molecule has 1 heterocycles. The molecule has 0 radical (unpaired) electrons. The van der Waals surface area contributed by atoms with E-state index < -0.39 is 11.5 Å². The van der Waals surface area contributed by atoms with Gasteiger partial charge in [0, 0.05) is 11.1 Å². The minimum absolute atomic E-state index is 0.171. The molecule has 2 rings (SSSR count). The maximum absolute atomic E-state index is 11.5. The Hall–Kier alpha value is -2.63. The SMILES string of the molecule is CCOc1cccc(-c2cc(CC(=O)O)c(=O)[nH]n2)c1. The van der Waals surface area contributed by atoms with Gasteiger partial charge < -0.3 is 9.84 Å². The first-order valence-corrected chi connectivity index (χ1v) is 6.13. The van der Waals surface area contributed by atoms with Gasteiger partial charge in [-0.2, -0.15) is 5.10 Å². The maximum atomic E-state index is 11.5. The molecular formula is C14H14N2O4. The monoisotopic (exact) mass is 274 g/mol. The molecule has 20 heavy (non-hydrogen) atoms. The van der Waals surface area contributed by atoms with Gasteiger partial charge >= 0.3 is 5.97 Å². The predicted octanol–water partition coefficient (Wildman–Crippen LogP) is 1.46. The van der Waals surface area contributed by atoms with E-state index >= 15 is 0 Å². The lowest BCUT2D eigenvalue weighted by Crippen LogP contribution is -2.17. The van der Waals surface area contributed by atoms with E-state index in [1.807, 2.05) is 25.1 Å². The summed E-state index contributed by atoms with van der Waals surface area (Å²) in [6.45, 7) is 2.43. The summed E-state index contributed by atoms with van der Waals surface area (Å²) in [4.78, 5) is 22.2. The molecular weight excluding hydrogens is 260 g/mol. The van der Waals surface area contributed by atoms with Gasteiger partial charge in [0.05, 0.1) is 18.7 Å². The van der Waals surface area contributed by atoms with Crippen LogP contribution in [0.5, 0.6) is 5.75 Å². The minimum atomic E-state index is -1.06. The highest BCUT2D eigenvalue weighted by Gasteiger charge is 2.09. The molecule has 0 amide bonds. The number of rotatable bonds is 5. The van der Waals surface area contributed by atoms with Crippen molar-refractivity contribution in [2.24, 2.45) is 0 Å². The molecule has 0 aliphatic carbocycles. The van der Waals surface area contributed by atoms with Gasteiger partial charge in [-0.05, 0) is 25.1 Å². The fourth-order valence-electron chi connectivity index (χ4n) is 1.80. The summed E-state index contributed by atoms with van der Waals surface area (Å²) >= 11 is 0. The van der Waals surface area contributed by atoms with E-state index in [2.05, 4.69) is 10.2 Å². The number of aromatic amines is 1. The van der Waals surface area contributed by atoms with Gasteiger partial charge in [0.25, 0.3) is 5.56 Å². The van der Waals surface area contributed by atoms with Gasteiger partial charge in [-0.25, -0.2) is 5.10 Å². The van der Waals surface area contributed by atoms with Crippen LogP contribution in [-0.2, 0) is 11.2 Å². The summed E-state index contributed by atoms with van der Waals surface area (Å²) in [5, 5.41) is 15.0. The summed E-state index contributed by atoms with van der Waals surface area (Å²) in [7, 11) is 0. The Morgan fingerprint density at radius 2 is 2.20 bits per heavy atom. The molecule has 0 unspecified atom stereocenters. The highest BCUT2D eigenvalue weighted by atomic mass is 16.5. The van der Waals surface area contributed by atoms with E-state index in [4.69, 9.17) is 9.84 Å². The van der Waals surface area contributed by atoms with E-state index in [1.54, 1.807) is 6.07 Å². The first-order valence-electron chi connectivity index (χ1n) is 6.13. The van der Waals surface area contributed by atoms with Crippen LogP contribution in [-0.4, -0.2) is 27.9 Å². The maximum Gasteiger partial charge on any atom is 0.308 e. The molecule has 0 saturated carbocycles. The Morgan fingerprint density at radius 3 is 2.90 bits per heavy atom. The third kappa shape index (κ3) is 3.23. The average molecular weight is 274 g/mol. The Kier molecular flexibility index (Phi) is 4.14. The third-order valence-electron chi connectivity index (χ3n) is 2.66. The number of hydrogen-bond donors (Lipinski definition) is 2. The zero-order chi connectivity index (χ0) is 14.5. The topological polar surface area (TPSA) is 92.3 Å². The van der Waals surface area contributed by atoms with E-state index in [9.17, 15) is 9.59 Å². The number of benzene rings is 1. The average Bonchev–Trinajstić information content (AvgIpc) is 2.41. The number of nitrogens with zero attached hydrogens (tertiary/aromatic N) is 1. The largest absolute Gasteiger partial charge is 0.494 e. The Bertz CT molecular complexity index is 679. The molecule has 6 nitrogen and oxygen atoms in total. The Morgan fingerprint density at radius 1 is 1.40 bits per heavy atom. The van der Waals surface area contributed by atoms with Crippen molar-refractivity contribution in [1.29, 1.82) is 0 Å². The van der Waals surface area contributed by atoms with E-state index in [0.29, 0.717) is 18.1 Å². The van der Waals surface area contributed by atoms with Gasteiger partial charge in [0.2, 0.25) is 0 Å². The lowest BCUT2D eigenvalue weighted by atomic mass is 10.1. The van der Waals surface area contributed by atoms with E-state index in [0.717, 1.165) is 5.56 Å². The molecule has 2 N–H and O–H groups in total. The van der Waals surface area contributed by atoms with Crippen LogP contribution in [0.25, 0.3) is 11.3 Å². The highest BCUT2D eigenvalue weighted by Crippen LogP contribution is 2.21. The van der Waals surface area contributed by atoms with Crippen molar-refractivity contribution in [2.75, 3.05) is 6.61 Å². The lowest BCUT2D eigenvalue weighted by Gasteiger charge is -2.06. The van der Waals surface area contributed by atoms with Crippen LogP contribution in [0.2, 0.25) is 0 Å². The van der Waals surface area contributed by atoms with Gasteiger partial charge in [-0.3, -0.25) is 9.59 Å². The minimum Gasteiger partial charge on any atom is -0.494 e. The number of aliphatic carboxylic acids is 1. The standard InChI is InChI=1S/C14H14N2O4/c1-2-20-11-5-3-4-9(6-11)12-7-10(8-13(17)18)14(19)16-15-12/h3-7H,2,8H2,1H3,(H,16,19)(H,17,18). The molecule has 0 saturated heterocycles. The van der Waals surface area contributed by atoms with E-state index in [-0.39, 0.29) is 12.0 Å². The van der Waals surface area contributed by atoms with Gasteiger partial charge in [-0.1, -0.05) is 12.1 Å². The summed E-state index contributed by atoms with van der Waals surface area (Å²) in [5.74, 6) is -0.367. The van der Waals surface area contributed by atoms with Crippen molar-refractivity contribution in [1.82, 2.24) is 10.2 Å². The molecule has 0 atom stereocenters. The predicted molar refractivity (Wildman–Crippen MR) is 72.8 cm³/mol. The van der Waals surface area contributed by atoms with Gasteiger partial charge in [0.15, 0.2) is 0 Å². The van der Waals surface area contributed by atoms with Gasteiger partial charge in [0.1, 0.15) is 5.75 Å². The van der Waals surface area contributed by atoms with Crippen molar-refractivity contribution in [2.45, 2.75) is 13.3 Å². The van der Waals surface area contributed by atoms with Crippen LogP contribution < -0.4 is 10.3 Å². The quantitative estimate of drug-likeness (QED) is 0.861. The molecule has 1 aromatic heterocycles. The summed E-state index contributed by atoms with van der Waals surface area (Å²) < 4.78 is 5.39. The summed E-state index contributed by atoms with van der Waals surface area (Å²) in [5.41, 5.74) is 0.933. The molecule has 104 valence electrons. The lowest BCUT2D eigenvalue weighted by molar-refractivity contribution is -0.136. The molecule has 0 aliphatic heterocycles. The number of carboxylic acids is 1. The number of nitrogens with one attached hydrogen (secondary N) is 1. The number of hydrogen-bond acceptors (Lipinski definition) is 4. The second kappa shape index (κ2) is 6.01. The van der Waals surface area contributed by atoms with E-state index in [1.165, 1.54) is 6.07 Å². The fourth-order valence-corrected chi connectivity index (χ4v) is 1.80. The number of carboxylic acid groups (broad SMARTS) is 1. The Balaban J connectivity index is 2.39. The molecule has 0 fully saturated rings. The summed E-state index contributed by atoms with van der Waals surface area (Å²) in [6, 6.07) is 8.71. The van der Waals surface area contributed by atoms with Crippen LogP contribution in [0.4, 0.5) is 0 Å². The zero-order valence-corrected chi connectivity index (χ0v) is 10.9. The van der Waals surface area contributed by atoms with Crippen LogP contribution >= 0.6 is 0 Å². The molecule has 0 bridgehead atoms. The molecule has 6 heteroatoms. The summed E-state index contributed by atoms with van der Waals surface area (Å²) in [6.07, 6.45) is -0.337. The highest BCUT2D eigenvalue weighted by molar-refractivity contribution is 5.71. The van der Waals surface area contributed by atoms with Crippen LogP contribution in [0.3, 0.4) is 0 Å². The van der Waals surface area contributed by atoms with Crippen LogP contribution in [0.15, 0.2) is 35.1 Å². The van der Waals surface area contributed by atoms with Crippen LogP contribution in [0.1, 0.15) is 12.5 Å². The number of carbonyl (C=O) groups is 1. The first-order chi connectivity index (χ1) is 9.60. The molecule has 1 aromatic carbocycles. The first kappa shape index (κ1) is 13.8. The molecule has 0 spiro atoms. The molecule has 0 aliphatic rings. The number of aromatic nitrogens is 2. The normalized spacial score (nSPS) is 10.2. The molecule has 2 aromatic rings. The van der Waals surface area contributed by atoms with Crippen molar-refractivity contribution in [3.05, 3.63) is 46.2 Å². The second-order valence-corrected chi connectivity index (χ2v) is 4.14. The van der Waals surface area contributed by atoms with Crippen molar-refractivity contribution < 1.29 is 14.6 Å². The Labute approximate surface area is 115 Å².